The molecule has 1 aromatic heterocycles. The molecule has 0 unspecified atom stereocenters. The Labute approximate surface area is 106 Å². The Kier molecular flexibility index (Phi) is 6.47. The summed E-state index contributed by atoms with van der Waals surface area (Å²) in [5, 5.41) is 2.83. The van der Waals surface area contributed by atoms with Crippen LogP contribution in [0.1, 0.15) is 13.8 Å². The third kappa shape index (κ3) is 6.16. The number of nitrogens with zero attached hydrogens (tertiary/aromatic N) is 1. The highest BCUT2D eigenvalue weighted by molar-refractivity contribution is 7.99. The van der Waals surface area contributed by atoms with Crippen LogP contribution in [0.15, 0.2) is 24.5 Å². The van der Waals surface area contributed by atoms with Crippen molar-refractivity contribution < 1.29 is 9.53 Å². The summed E-state index contributed by atoms with van der Waals surface area (Å²) in [5.74, 6) is 2.24. The molecule has 0 bridgehead atoms. The third-order valence-electron chi connectivity index (χ3n) is 2.00. The molecule has 4 nitrogen and oxygen atoms in total. The molecule has 1 amide bonds. The van der Waals surface area contributed by atoms with E-state index in [0.29, 0.717) is 12.3 Å². The standard InChI is InChI=1S/C12H18N2O2S/c1-3-17-9-12(15)14-7-10(2)16-11-5-4-6-13-8-11/h4-6,8,10H,3,7,9H2,1-2H3,(H,14,15)/t10-/m1/s1. The normalized spacial score (nSPS) is 11.9. The molecule has 1 atom stereocenters. The van der Waals surface area contributed by atoms with Crippen molar-refractivity contribution in [3.63, 3.8) is 0 Å². The van der Waals surface area contributed by atoms with Crippen molar-refractivity contribution in [3.05, 3.63) is 24.5 Å². The van der Waals surface area contributed by atoms with Crippen molar-refractivity contribution in [2.75, 3.05) is 18.1 Å². The second kappa shape index (κ2) is 7.95. The first-order valence-electron chi connectivity index (χ1n) is 5.63. The number of thioether (sulfide) groups is 1. The summed E-state index contributed by atoms with van der Waals surface area (Å²) < 4.78 is 5.59. The van der Waals surface area contributed by atoms with Gasteiger partial charge in [0, 0.05) is 6.20 Å². The largest absolute Gasteiger partial charge is 0.487 e. The second-order valence-electron chi connectivity index (χ2n) is 3.56. The zero-order valence-corrected chi connectivity index (χ0v) is 11.0. The van der Waals surface area contributed by atoms with Crippen molar-refractivity contribution in [2.24, 2.45) is 0 Å². The number of hydrogen-bond acceptors (Lipinski definition) is 4. The number of carbonyl (C=O) groups excluding carboxylic acids is 1. The molecule has 0 saturated heterocycles. The van der Waals surface area contributed by atoms with Gasteiger partial charge >= 0.3 is 0 Å². The van der Waals surface area contributed by atoms with E-state index in [1.165, 1.54) is 0 Å². The first kappa shape index (κ1) is 13.8. The van der Waals surface area contributed by atoms with Gasteiger partial charge in [0.25, 0.3) is 0 Å². The first-order chi connectivity index (χ1) is 8.22. The number of hydrogen-bond donors (Lipinski definition) is 1. The molecule has 94 valence electrons. The molecule has 0 aromatic carbocycles. The van der Waals surface area contributed by atoms with Crippen molar-refractivity contribution in [1.82, 2.24) is 10.3 Å². The van der Waals surface area contributed by atoms with Crippen LogP contribution >= 0.6 is 11.8 Å². The lowest BCUT2D eigenvalue weighted by molar-refractivity contribution is -0.118. The SMILES string of the molecule is CCSCC(=O)NC[C@@H](C)Oc1cccnc1. The van der Waals surface area contributed by atoms with Crippen molar-refractivity contribution in [1.29, 1.82) is 0 Å². The monoisotopic (exact) mass is 254 g/mol. The molecule has 0 radical (unpaired) electrons. The number of pyridine rings is 1. The fraction of sp³-hybridized carbons (Fsp3) is 0.500. The van der Waals surface area contributed by atoms with E-state index in [-0.39, 0.29) is 12.0 Å². The van der Waals surface area contributed by atoms with Gasteiger partial charge in [-0.25, -0.2) is 0 Å². The molecule has 0 aliphatic rings. The molecule has 1 aromatic rings. The van der Waals surface area contributed by atoms with Crippen LogP contribution in [0.4, 0.5) is 0 Å². The molecule has 1 heterocycles. The van der Waals surface area contributed by atoms with Gasteiger partial charge in [-0.15, -0.1) is 0 Å². The fourth-order valence-corrected chi connectivity index (χ4v) is 1.69. The third-order valence-corrected chi connectivity index (χ3v) is 2.87. The number of carbonyl (C=O) groups is 1. The lowest BCUT2D eigenvalue weighted by atomic mass is 10.4. The van der Waals surface area contributed by atoms with E-state index in [9.17, 15) is 4.79 Å². The minimum absolute atomic E-state index is 0.0542. The predicted octanol–water partition coefficient (Wildman–Crippen LogP) is 1.72. The van der Waals surface area contributed by atoms with Gasteiger partial charge < -0.3 is 10.1 Å². The Morgan fingerprint density at radius 3 is 3.12 bits per heavy atom. The Morgan fingerprint density at radius 2 is 2.47 bits per heavy atom. The van der Waals surface area contributed by atoms with E-state index >= 15 is 0 Å². The number of amides is 1. The Bertz CT molecular complexity index is 333. The summed E-state index contributed by atoms with van der Waals surface area (Å²) in [6.45, 7) is 4.46. The van der Waals surface area contributed by atoms with Crippen molar-refractivity contribution >= 4 is 17.7 Å². The minimum Gasteiger partial charge on any atom is -0.487 e. The zero-order valence-electron chi connectivity index (χ0n) is 10.2. The lowest BCUT2D eigenvalue weighted by Crippen LogP contribution is -2.34. The van der Waals surface area contributed by atoms with Crippen LogP contribution in [-0.2, 0) is 4.79 Å². The molecule has 1 N–H and O–H groups in total. The molecule has 17 heavy (non-hydrogen) atoms. The van der Waals surface area contributed by atoms with Crippen LogP contribution in [0.2, 0.25) is 0 Å². The van der Waals surface area contributed by atoms with Crippen LogP contribution < -0.4 is 10.1 Å². The van der Waals surface area contributed by atoms with Gasteiger partial charge in [-0.1, -0.05) is 6.92 Å². The van der Waals surface area contributed by atoms with Crippen molar-refractivity contribution in [3.8, 4) is 5.75 Å². The second-order valence-corrected chi connectivity index (χ2v) is 4.83. The smallest absolute Gasteiger partial charge is 0.230 e. The van der Waals surface area contributed by atoms with Crippen molar-refractivity contribution in [2.45, 2.75) is 20.0 Å². The van der Waals surface area contributed by atoms with Crippen LogP contribution in [-0.4, -0.2) is 35.0 Å². The molecule has 0 aliphatic heterocycles. The minimum atomic E-state index is -0.0604. The van der Waals surface area contributed by atoms with Crippen LogP contribution in [0.3, 0.4) is 0 Å². The zero-order chi connectivity index (χ0) is 12.5. The summed E-state index contributed by atoms with van der Waals surface area (Å²) in [4.78, 5) is 15.3. The maximum Gasteiger partial charge on any atom is 0.230 e. The quantitative estimate of drug-likeness (QED) is 0.805. The fourth-order valence-electron chi connectivity index (χ4n) is 1.19. The topological polar surface area (TPSA) is 51.2 Å². The Balaban J connectivity index is 2.21. The summed E-state index contributed by atoms with van der Waals surface area (Å²) in [5.41, 5.74) is 0. The summed E-state index contributed by atoms with van der Waals surface area (Å²) in [6.07, 6.45) is 3.29. The van der Waals surface area contributed by atoms with Gasteiger partial charge in [0.05, 0.1) is 18.5 Å². The molecule has 5 heteroatoms. The highest BCUT2D eigenvalue weighted by Crippen LogP contribution is 2.08. The number of aromatic nitrogens is 1. The molecule has 0 spiro atoms. The molecule has 0 fully saturated rings. The van der Waals surface area contributed by atoms with Gasteiger partial charge in [0.2, 0.25) is 5.91 Å². The highest BCUT2D eigenvalue weighted by Gasteiger charge is 2.06. The highest BCUT2D eigenvalue weighted by atomic mass is 32.2. The summed E-state index contributed by atoms with van der Waals surface area (Å²) in [7, 11) is 0. The molecule has 0 aliphatic carbocycles. The van der Waals surface area contributed by atoms with E-state index in [4.69, 9.17) is 4.74 Å². The first-order valence-corrected chi connectivity index (χ1v) is 6.79. The van der Waals surface area contributed by atoms with Gasteiger partial charge in [-0.2, -0.15) is 11.8 Å². The summed E-state index contributed by atoms with van der Waals surface area (Å²) >= 11 is 1.61. The van der Waals surface area contributed by atoms with Crippen LogP contribution in [0, 0.1) is 0 Å². The van der Waals surface area contributed by atoms with E-state index in [1.54, 1.807) is 24.2 Å². The van der Waals surface area contributed by atoms with Gasteiger partial charge in [-0.3, -0.25) is 9.78 Å². The van der Waals surface area contributed by atoms with Gasteiger partial charge in [0.15, 0.2) is 0 Å². The predicted molar refractivity (Wildman–Crippen MR) is 70.3 cm³/mol. The average Bonchev–Trinajstić information content (AvgIpc) is 2.35. The van der Waals surface area contributed by atoms with E-state index in [0.717, 1.165) is 11.5 Å². The number of rotatable bonds is 7. The van der Waals surface area contributed by atoms with Crippen LogP contribution in [0.25, 0.3) is 0 Å². The van der Waals surface area contributed by atoms with Gasteiger partial charge in [0.1, 0.15) is 11.9 Å². The van der Waals surface area contributed by atoms with E-state index in [1.807, 2.05) is 26.0 Å². The number of ether oxygens (including phenoxy) is 1. The molecule has 1 rings (SSSR count). The number of nitrogens with one attached hydrogen (secondary N) is 1. The summed E-state index contributed by atoms with van der Waals surface area (Å²) in [6, 6.07) is 3.66. The lowest BCUT2D eigenvalue weighted by Gasteiger charge is -2.14. The van der Waals surface area contributed by atoms with E-state index < -0.39 is 0 Å². The Hall–Kier alpha value is -1.23. The van der Waals surface area contributed by atoms with E-state index in [2.05, 4.69) is 10.3 Å². The van der Waals surface area contributed by atoms with Gasteiger partial charge in [-0.05, 0) is 24.8 Å². The maximum atomic E-state index is 11.4. The average molecular weight is 254 g/mol. The molecular formula is C12H18N2O2S. The Morgan fingerprint density at radius 1 is 1.65 bits per heavy atom. The van der Waals surface area contributed by atoms with Crippen LogP contribution in [0.5, 0.6) is 5.75 Å². The maximum absolute atomic E-state index is 11.4. The molecular weight excluding hydrogens is 236 g/mol. The molecule has 0 saturated carbocycles.